The Labute approximate surface area is 165 Å². The third-order valence-electron chi connectivity index (χ3n) is 3.98. The van der Waals surface area contributed by atoms with Gasteiger partial charge in [0.1, 0.15) is 5.75 Å². The van der Waals surface area contributed by atoms with E-state index in [9.17, 15) is 18.0 Å². The molecule has 0 saturated heterocycles. The van der Waals surface area contributed by atoms with E-state index < -0.39 is 12.4 Å². The minimum Gasteiger partial charge on any atom is -0.406 e. The minimum absolute atomic E-state index is 0.324. The monoisotopic (exact) mass is 398 g/mol. The Balaban J connectivity index is 1.70. The van der Waals surface area contributed by atoms with Crippen LogP contribution in [0.25, 0.3) is 17.2 Å². The van der Waals surface area contributed by atoms with E-state index in [2.05, 4.69) is 21.9 Å². The molecule has 0 aromatic heterocycles. The van der Waals surface area contributed by atoms with E-state index in [0.29, 0.717) is 11.4 Å². The van der Waals surface area contributed by atoms with Crippen LogP contribution in [0, 0.1) is 0 Å². The van der Waals surface area contributed by atoms with Crippen LogP contribution in [-0.4, -0.2) is 12.4 Å². The van der Waals surface area contributed by atoms with E-state index >= 15 is 0 Å². The zero-order valence-electron chi connectivity index (χ0n) is 15.2. The Morgan fingerprint density at radius 1 is 0.897 bits per heavy atom. The molecule has 0 heterocycles. The van der Waals surface area contributed by atoms with Crippen LogP contribution in [0.5, 0.6) is 5.75 Å². The number of ether oxygens (including phenoxy) is 1. The van der Waals surface area contributed by atoms with Gasteiger partial charge in [0.05, 0.1) is 5.69 Å². The molecule has 148 valence electrons. The lowest BCUT2D eigenvalue weighted by molar-refractivity contribution is -0.274. The number of nitrogens with one attached hydrogen (secondary N) is 2. The fourth-order valence-electron chi connectivity index (χ4n) is 2.67. The first kappa shape index (κ1) is 20.0. The molecule has 0 aliphatic heterocycles. The SMILES string of the molecule is C=Cc1ccc(-c2ccccc2NC(=O)Nc2ccc(OC(F)(F)F)cc2)cc1. The predicted octanol–water partition coefficient (Wildman–Crippen LogP) is 6.54. The quantitative estimate of drug-likeness (QED) is 0.513. The Hall–Kier alpha value is -3.74. The second kappa shape index (κ2) is 8.52. The number of para-hydroxylation sites is 1. The van der Waals surface area contributed by atoms with Gasteiger partial charge in [0.25, 0.3) is 0 Å². The Morgan fingerprint density at radius 2 is 1.55 bits per heavy atom. The van der Waals surface area contributed by atoms with Crippen molar-refractivity contribution in [2.24, 2.45) is 0 Å². The molecule has 0 aliphatic rings. The zero-order chi connectivity index (χ0) is 20.9. The summed E-state index contributed by atoms with van der Waals surface area (Å²) in [6.45, 7) is 3.72. The molecule has 0 atom stereocenters. The summed E-state index contributed by atoms with van der Waals surface area (Å²) in [5, 5.41) is 5.33. The van der Waals surface area contributed by atoms with Crippen molar-refractivity contribution >= 4 is 23.5 Å². The minimum atomic E-state index is -4.76. The van der Waals surface area contributed by atoms with Gasteiger partial charge in [-0.2, -0.15) is 0 Å². The number of anilines is 2. The Kier molecular flexibility index (Phi) is 5.87. The molecule has 0 bridgehead atoms. The third-order valence-corrected chi connectivity index (χ3v) is 3.98. The fraction of sp³-hybridized carbons (Fsp3) is 0.0455. The maximum Gasteiger partial charge on any atom is 0.573 e. The van der Waals surface area contributed by atoms with Gasteiger partial charge in [-0.1, -0.05) is 55.1 Å². The molecule has 2 amide bonds. The van der Waals surface area contributed by atoms with Gasteiger partial charge in [-0.25, -0.2) is 4.79 Å². The molecule has 4 nitrogen and oxygen atoms in total. The van der Waals surface area contributed by atoms with E-state index in [1.807, 2.05) is 36.4 Å². The molecule has 7 heteroatoms. The van der Waals surface area contributed by atoms with Crippen molar-refractivity contribution in [1.29, 1.82) is 0 Å². The molecule has 3 aromatic rings. The molecule has 0 radical (unpaired) electrons. The molecule has 2 N–H and O–H groups in total. The van der Waals surface area contributed by atoms with Crippen molar-refractivity contribution in [3.63, 3.8) is 0 Å². The van der Waals surface area contributed by atoms with E-state index in [4.69, 9.17) is 0 Å². The van der Waals surface area contributed by atoms with Crippen LogP contribution in [-0.2, 0) is 0 Å². The average Bonchev–Trinajstić information content (AvgIpc) is 2.69. The van der Waals surface area contributed by atoms with Crippen LogP contribution >= 0.6 is 0 Å². The highest BCUT2D eigenvalue weighted by Gasteiger charge is 2.30. The molecule has 3 aromatic carbocycles. The van der Waals surface area contributed by atoms with Crippen LogP contribution in [0.1, 0.15) is 5.56 Å². The highest BCUT2D eigenvalue weighted by atomic mass is 19.4. The van der Waals surface area contributed by atoms with Crippen LogP contribution in [0.2, 0.25) is 0 Å². The van der Waals surface area contributed by atoms with Gasteiger partial charge < -0.3 is 15.4 Å². The lowest BCUT2D eigenvalue weighted by Crippen LogP contribution is -2.20. The van der Waals surface area contributed by atoms with E-state index in [-0.39, 0.29) is 5.75 Å². The van der Waals surface area contributed by atoms with Crippen LogP contribution in [0.3, 0.4) is 0 Å². The normalized spacial score (nSPS) is 10.9. The molecule has 0 saturated carbocycles. The summed E-state index contributed by atoms with van der Waals surface area (Å²) in [6, 6.07) is 19.3. The Morgan fingerprint density at radius 3 is 2.17 bits per heavy atom. The largest absolute Gasteiger partial charge is 0.573 e. The standard InChI is InChI=1S/C22H17F3N2O2/c1-2-15-7-9-16(10-8-15)19-5-3-4-6-20(19)27-21(28)26-17-11-13-18(14-12-17)29-22(23,24)25/h2-14H,1H2,(H2,26,27,28). The zero-order valence-corrected chi connectivity index (χ0v) is 15.2. The average molecular weight is 398 g/mol. The first-order valence-corrected chi connectivity index (χ1v) is 8.60. The lowest BCUT2D eigenvalue weighted by Gasteiger charge is -2.13. The summed E-state index contributed by atoms with van der Waals surface area (Å²) in [5.74, 6) is -0.364. The van der Waals surface area contributed by atoms with Gasteiger partial charge in [-0.3, -0.25) is 0 Å². The fourth-order valence-corrected chi connectivity index (χ4v) is 2.67. The molecular formula is C22H17F3N2O2. The van der Waals surface area contributed by atoms with Gasteiger partial charge in [-0.05, 0) is 41.5 Å². The van der Waals surface area contributed by atoms with E-state index in [1.165, 1.54) is 12.1 Å². The van der Waals surface area contributed by atoms with Crippen molar-refractivity contribution in [2.45, 2.75) is 6.36 Å². The first-order valence-electron chi connectivity index (χ1n) is 8.60. The van der Waals surface area contributed by atoms with Crippen LogP contribution in [0.15, 0.2) is 79.4 Å². The number of rotatable bonds is 5. The summed E-state index contributed by atoms with van der Waals surface area (Å²) in [6.07, 6.45) is -3.02. The molecule has 29 heavy (non-hydrogen) atoms. The number of halogens is 3. The summed E-state index contributed by atoms with van der Waals surface area (Å²) >= 11 is 0. The van der Waals surface area contributed by atoms with Crippen molar-refractivity contribution in [3.8, 4) is 16.9 Å². The van der Waals surface area contributed by atoms with Crippen molar-refractivity contribution < 1.29 is 22.7 Å². The highest BCUT2D eigenvalue weighted by Crippen LogP contribution is 2.29. The topological polar surface area (TPSA) is 50.4 Å². The maximum absolute atomic E-state index is 12.3. The lowest BCUT2D eigenvalue weighted by atomic mass is 10.0. The van der Waals surface area contributed by atoms with Crippen LogP contribution < -0.4 is 15.4 Å². The highest BCUT2D eigenvalue weighted by molar-refractivity contribution is 6.02. The summed E-state index contributed by atoms with van der Waals surface area (Å²) in [4.78, 5) is 12.3. The second-order valence-corrected chi connectivity index (χ2v) is 6.02. The number of alkyl halides is 3. The summed E-state index contributed by atoms with van der Waals surface area (Å²) in [7, 11) is 0. The van der Waals surface area contributed by atoms with E-state index in [1.54, 1.807) is 18.2 Å². The van der Waals surface area contributed by atoms with Gasteiger partial charge >= 0.3 is 12.4 Å². The predicted molar refractivity (Wildman–Crippen MR) is 108 cm³/mol. The summed E-state index contributed by atoms with van der Waals surface area (Å²) < 4.78 is 40.4. The van der Waals surface area contributed by atoms with Crippen LogP contribution in [0.4, 0.5) is 29.3 Å². The second-order valence-electron chi connectivity index (χ2n) is 6.02. The van der Waals surface area contributed by atoms with Crippen molar-refractivity contribution in [2.75, 3.05) is 10.6 Å². The van der Waals surface area contributed by atoms with Gasteiger partial charge in [-0.15, -0.1) is 13.2 Å². The van der Waals surface area contributed by atoms with Crippen molar-refractivity contribution in [3.05, 3.63) is 84.9 Å². The first-order chi connectivity index (χ1) is 13.8. The molecule has 0 unspecified atom stereocenters. The number of carbonyl (C=O) groups is 1. The van der Waals surface area contributed by atoms with E-state index in [0.717, 1.165) is 28.8 Å². The molecular weight excluding hydrogens is 381 g/mol. The number of carbonyl (C=O) groups excluding carboxylic acids is 1. The van der Waals surface area contributed by atoms with Crippen molar-refractivity contribution in [1.82, 2.24) is 0 Å². The Bertz CT molecular complexity index is 998. The summed E-state index contributed by atoms with van der Waals surface area (Å²) in [5.41, 5.74) is 3.64. The molecule has 0 spiro atoms. The molecule has 0 aliphatic carbocycles. The van der Waals surface area contributed by atoms with Gasteiger partial charge in [0.15, 0.2) is 0 Å². The number of hydrogen-bond acceptors (Lipinski definition) is 2. The number of urea groups is 1. The molecule has 0 fully saturated rings. The molecule has 3 rings (SSSR count). The number of benzene rings is 3. The number of hydrogen-bond donors (Lipinski definition) is 2. The smallest absolute Gasteiger partial charge is 0.406 e. The number of amides is 2. The van der Waals surface area contributed by atoms with Gasteiger partial charge in [0.2, 0.25) is 0 Å². The third kappa shape index (κ3) is 5.62. The maximum atomic E-state index is 12.3. The van der Waals surface area contributed by atoms with Gasteiger partial charge in [0, 0.05) is 11.3 Å².